The molecule has 1 saturated heterocycles. The maximum Gasteiger partial charge on any atom is 0.132 e. The van der Waals surface area contributed by atoms with Crippen molar-refractivity contribution in [3.8, 4) is 17.6 Å². The number of hydrogen-bond acceptors (Lipinski definition) is 8. The summed E-state index contributed by atoms with van der Waals surface area (Å²) < 4.78 is 16.6. The van der Waals surface area contributed by atoms with Crippen LogP contribution in [-0.4, -0.2) is 63.5 Å². The number of morpholine rings is 1. The minimum atomic E-state index is -0.184. The molecule has 8 nitrogen and oxygen atoms in total. The lowest BCUT2D eigenvalue weighted by atomic mass is 9.77. The van der Waals surface area contributed by atoms with Gasteiger partial charge in [0.05, 0.1) is 43.6 Å². The number of ether oxygens (including phenoxy) is 3. The van der Waals surface area contributed by atoms with Gasteiger partial charge in [-0.25, -0.2) is 4.99 Å². The number of rotatable bonds is 7. The van der Waals surface area contributed by atoms with Crippen LogP contribution in [0.4, 0.5) is 0 Å². The van der Waals surface area contributed by atoms with Crippen LogP contribution in [0.5, 0.6) is 11.5 Å². The van der Waals surface area contributed by atoms with Gasteiger partial charge in [0.2, 0.25) is 0 Å². The molecule has 1 fully saturated rings. The van der Waals surface area contributed by atoms with Gasteiger partial charge in [-0.05, 0) is 42.0 Å². The fourth-order valence-electron chi connectivity index (χ4n) is 4.53. The summed E-state index contributed by atoms with van der Waals surface area (Å²) in [4.78, 5) is 7.10. The first-order valence-corrected chi connectivity index (χ1v) is 11.5. The van der Waals surface area contributed by atoms with Gasteiger partial charge < -0.3 is 14.2 Å². The molecule has 0 amide bonds. The summed E-state index contributed by atoms with van der Waals surface area (Å²) >= 11 is 0. The Balaban J connectivity index is 1.37. The van der Waals surface area contributed by atoms with Gasteiger partial charge >= 0.3 is 0 Å². The van der Waals surface area contributed by atoms with Crippen LogP contribution in [0.25, 0.3) is 5.70 Å². The molecule has 2 unspecified atom stereocenters. The molecule has 8 heteroatoms. The Bertz CT molecular complexity index is 1140. The number of fused-ring (bicyclic) bond motifs is 1. The average molecular weight is 458 g/mol. The molecule has 0 saturated carbocycles. The first-order chi connectivity index (χ1) is 16.8. The van der Waals surface area contributed by atoms with Crippen molar-refractivity contribution in [3.63, 3.8) is 0 Å². The highest BCUT2D eigenvalue weighted by Gasteiger charge is 2.38. The molecule has 0 spiro atoms. The normalized spacial score (nSPS) is 21.9. The largest absolute Gasteiger partial charge is 0.497 e. The second-order valence-electron chi connectivity index (χ2n) is 8.36. The van der Waals surface area contributed by atoms with Crippen LogP contribution in [0, 0.1) is 17.2 Å². The maximum absolute atomic E-state index is 10.2. The Labute approximate surface area is 199 Å². The molecule has 34 heavy (non-hydrogen) atoms. The lowest BCUT2D eigenvalue weighted by Crippen LogP contribution is -2.38. The van der Waals surface area contributed by atoms with E-state index in [1.54, 1.807) is 7.11 Å². The lowest BCUT2D eigenvalue weighted by Gasteiger charge is -2.28. The predicted octanol–water partition coefficient (Wildman–Crippen LogP) is 3.04. The van der Waals surface area contributed by atoms with Gasteiger partial charge in [-0.2, -0.15) is 10.4 Å². The van der Waals surface area contributed by atoms with Gasteiger partial charge in [-0.15, -0.1) is 0 Å². The summed E-state index contributed by atoms with van der Waals surface area (Å²) in [5.41, 5.74) is 6.18. The number of amidine groups is 1. The van der Waals surface area contributed by atoms with Gasteiger partial charge in [0.15, 0.2) is 0 Å². The summed E-state index contributed by atoms with van der Waals surface area (Å²) in [6.45, 7) is 4.98. The maximum atomic E-state index is 10.2. The van der Waals surface area contributed by atoms with Crippen molar-refractivity contribution in [1.29, 1.82) is 5.26 Å². The second-order valence-corrected chi connectivity index (χ2v) is 8.36. The van der Waals surface area contributed by atoms with Gasteiger partial charge in [0.1, 0.15) is 23.9 Å². The summed E-state index contributed by atoms with van der Waals surface area (Å²) in [6, 6.07) is 18.0. The SMILES string of the molecule is COc1ccc(C2=C(C#N)C(c3ccc(OCCN4CCOCC4)cc3)C3C=NNC3=N2)cc1. The zero-order valence-corrected chi connectivity index (χ0v) is 19.1. The van der Waals surface area contributed by atoms with Crippen molar-refractivity contribution in [2.75, 3.05) is 46.6 Å². The van der Waals surface area contributed by atoms with Crippen LogP contribution in [0.15, 0.2) is 64.2 Å². The van der Waals surface area contributed by atoms with E-state index in [0.717, 1.165) is 61.3 Å². The van der Waals surface area contributed by atoms with E-state index in [1.165, 1.54) is 0 Å². The Morgan fingerprint density at radius 3 is 2.53 bits per heavy atom. The molecule has 2 atom stereocenters. The molecule has 0 radical (unpaired) electrons. The Morgan fingerprint density at radius 1 is 1.09 bits per heavy atom. The van der Waals surface area contributed by atoms with Crippen LogP contribution in [-0.2, 0) is 4.74 Å². The van der Waals surface area contributed by atoms with Crippen molar-refractivity contribution < 1.29 is 14.2 Å². The van der Waals surface area contributed by atoms with Gasteiger partial charge in [0.25, 0.3) is 0 Å². The Hall–Kier alpha value is -3.67. The third kappa shape index (κ3) is 4.53. The standard InChI is InChI=1S/C26H27N5O3/c1-32-20-6-4-19(5-7-20)25-22(16-27)24(23-17-28-30-26(23)29-25)18-2-8-21(9-3-18)34-15-12-31-10-13-33-14-11-31/h2-9,17,23-24H,10-15H2,1H3,(H,29,30). The fourth-order valence-corrected chi connectivity index (χ4v) is 4.53. The lowest BCUT2D eigenvalue weighted by molar-refractivity contribution is 0.0322. The summed E-state index contributed by atoms with van der Waals surface area (Å²) in [5.74, 6) is 2.03. The number of nitrogens with one attached hydrogen (secondary N) is 1. The molecule has 3 aliphatic heterocycles. The van der Waals surface area contributed by atoms with E-state index in [-0.39, 0.29) is 11.8 Å². The molecule has 2 aromatic rings. The van der Waals surface area contributed by atoms with Gasteiger partial charge in [-0.1, -0.05) is 12.1 Å². The number of aliphatic imine (C=N–C) groups is 1. The topological polar surface area (TPSA) is 91.5 Å². The van der Waals surface area contributed by atoms with E-state index >= 15 is 0 Å². The summed E-state index contributed by atoms with van der Waals surface area (Å²) in [7, 11) is 1.63. The van der Waals surface area contributed by atoms with E-state index in [0.29, 0.717) is 17.9 Å². The van der Waals surface area contributed by atoms with Crippen LogP contribution in [0.2, 0.25) is 0 Å². The van der Waals surface area contributed by atoms with Crippen molar-refractivity contribution in [1.82, 2.24) is 10.3 Å². The quantitative estimate of drug-likeness (QED) is 0.687. The molecular formula is C26H27N5O3. The van der Waals surface area contributed by atoms with Crippen LogP contribution in [0.1, 0.15) is 17.0 Å². The molecular weight excluding hydrogens is 430 g/mol. The summed E-state index contributed by atoms with van der Waals surface area (Å²) in [5, 5.41) is 14.4. The molecule has 0 bridgehead atoms. The van der Waals surface area contributed by atoms with E-state index in [1.807, 2.05) is 54.7 Å². The highest BCUT2D eigenvalue weighted by atomic mass is 16.5. The number of benzene rings is 2. The zero-order chi connectivity index (χ0) is 23.3. The number of methoxy groups -OCH3 is 1. The predicted molar refractivity (Wildman–Crippen MR) is 130 cm³/mol. The number of hydrogen-bond donors (Lipinski definition) is 1. The van der Waals surface area contributed by atoms with Crippen molar-refractivity contribution in [3.05, 3.63) is 65.2 Å². The molecule has 3 aliphatic rings. The average Bonchev–Trinajstić information content (AvgIpc) is 3.37. The Morgan fingerprint density at radius 2 is 1.82 bits per heavy atom. The molecule has 1 N–H and O–H groups in total. The molecule has 5 rings (SSSR count). The fraction of sp³-hybridized carbons (Fsp3) is 0.346. The molecule has 0 aliphatic carbocycles. The first-order valence-electron chi connectivity index (χ1n) is 11.5. The Kier molecular flexibility index (Phi) is 6.56. The molecule has 3 heterocycles. The minimum Gasteiger partial charge on any atom is -0.497 e. The summed E-state index contributed by atoms with van der Waals surface area (Å²) in [6.07, 6.45) is 1.83. The number of nitriles is 1. The van der Waals surface area contributed by atoms with Crippen molar-refractivity contribution in [2.45, 2.75) is 5.92 Å². The minimum absolute atomic E-state index is 0.107. The van der Waals surface area contributed by atoms with Gasteiger partial charge in [-0.3, -0.25) is 10.3 Å². The molecule has 2 aromatic carbocycles. The van der Waals surface area contributed by atoms with Crippen LogP contribution >= 0.6 is 0 Å². The molecule has 174 valence electrons. The van der Waals surface area contributed by atoms with Crippen molar-refractivity contribution >= 4 is 17.7 Å². The molecule has 0 aromatic heterocycles. The van der Waals surface area contributed by atoms with E-state index < -0.39 is 0 Å². The number of hydrazone groups is 1. The third-order valence-corrected chi connectivity index (χ3v) is 6.39. The van der Waals surface area contributed by atoms with E-state index in [9.17, 15) is 5.26 Å². The smallest absolute Gasteiger partial charge is 0.132 e. The van der Waals surface area contributed by atoms with Crippen molar-refractivity contribution in [2.24, 2.45) is 16.0 Å². The highest BCUT2D eigenvalue weighted by Crippen LogP contribution is 2.42. The van der Waals surface area contributed by atoms with E-state index in [2.05, 4.69) is 21.5 Å². The zero-order valence-electron chi connectivity index (χ0n) is 19.1. The third-order valence-electron chi connectivity index (χ3n) is 6.39. The first kappa shape index (κ1) is 22.1. The second kappa shape index (κ2) is 10.1. The number of allylic oxidation sites excluding steroid dienone is 1. The van der Waals surface area contributed by atoms with E-state index in [4.69, 9.17) is 19.2 Å². The van der Waals surface area contributed by atoms with Gasteiger partial charge in [0, 0.05) is 37.3 Å². The van der Waals surface area contributed by atoms with Crippen LogP contribution < -0.4 is 14.9 Å². The highest BCUT2D eigenvalue weighted by molar-refractivity contribution is 6.07. The van der Waals surface area contributed by atoms with Crippen LogP contribution in [0.3, 0.4) is 0 Å². The monoisotopic (exact) mass is 457 g/mol. The number of nitrogens with zero attached hydrogens (tertiary/aromatic N) is 4.